The minimum Gasteiger partial charge on any atom is -0.306 e. The van der Waals surface area contributed by atoms with Crippen molar-refractivity contribution in [3.8, 4) is 0 Å². The molecular formula is C10H19N. The number of hydrogen-bond donors (Lipinski definition) is 1. The third-order valence-corrected chi connectivity index (χ3v) is 1.98. The molecule has 64 valence electrons. The molecule has 0 atom stereocenters. The summed E-state index contributed by atoms with van der Waals surface area (Å²) in [6.45, 7) is 8.95. The monoisotopic (exact) mass is 153 g/mol. The maximum atomic E-state index is 3.63. The molecule has 1 N–H and O–H groups in total. The molecule has 1 aliphatic rings. The topological polar surface area (TPSA) is 12.0 Å². The van der Waals surface area contributed by atoms with Crippen LogP contribution in [0, 0.1) is 0 Å². The second-order valence-corrected chi connectivity index (χ2v) is 4.82. The number of rotatable bonds is 1. The van der Waals surface area contributed by atoms with Gasteiger partial charge in [0.05, 0.1) is 0 Å². The van der Waals surface area contributed by atoms with Crippen molar-refractivity contribution < 1.29 is 0 Å². The lowest BCUT2D eigenvalue weighted by Crippen LogP contribution is -2.50. The number of nitrogens with one attached hydrogen (secondary N) is 1. The third kappa shape index (κ3) is 2.66. The van der Waals surface area contributed by atoms with Crippen molar-refractivity contribution in [2.75, 3.05) is 0 Å². The molecular weight excluding hydrogens is 134 g/mol. The Labute approximate surface area is 69.9 Å². The lowest BCUT2D eigenvalue weighted by Gasteiger charge is -2.34. The first-order valence-electron chi connectivity index (χ1n) is 4.36. The van der Waals surface area contributed by atoms with Crippen LogP contribution in [-0.4, -0.2) is 11.1 Å². The van der Waals surface area contributed by atoms with E-state index in [0.29, 0.717) is 5.54 Å². The third-order valence-electron chi connectivity index (χ3n) is 1.98. The highest BCUT2D eigenvalue weighted by Gasteiger charge is 2.28. The van der Waals surface area contributed by atoms with Crippen LogP contribution in [0.1, 0.15) is 40.5 Å². The Kier molecular flexibility index (Phi) is 2.10. The maximum absolute atomic E-state index is 3.63. The van der Waals surface area contributed by atoms with Gasteiger partial charge in [-0.25, -0.2) is 0 Å². The summed E-state index contributed by atoms with van der Waals surface area (Å²) in [5, 5.41) is 3.63. The van der Waals surface area contributed by atoms with Crippen molar-refractivity contribution in [2.24, 2.45) is 0 Å². The van der Waals surface area contributed by atoms with Crippen LogP contribution in [0.25, 0.3) is 0 Å². The summed E-state index contributed by atoms with van der Waals surface area (Å²) in [4.78, 5) is 0. The van der Waals surface area contributed by atoms with Gasteiger partial charge in [0, 0.05) is 11.1 Å². The molecule has 0 aromatic heterocycles. The molecule has 0 bridgehead atoms. The van der Waals surface area contributed by atoms with Crippen LogP contribution in [0.3, 0.4) is 0 Å². The highest BCUT2D eigenvalue weighted by molar-refractivity contribution is 5.07. The standard InChI is InChI=1S/C10H19N/c1-9(2,3)11-10(4)7-5-6-8-10/h5-6,11H,7-8H2,1-4H3. The Morgan fingerprint density at radius 2 is 1.64 bits per heavy atom. The fraction of sp³-hybridized carbons (Fsp3) is 0.800. The van der Waals surface area contributed by atoms with Gasteiger partial charge in [-0.2, -0.15) is 0 Å². The van der Waals surface area contributed by atoms with Gasteiger partial charge in [-0.15, -0.1) is 0 Å². The van der Waals surface area contributed by atoms with Crippen LogP contribution < -0.4 is 5.32 Å². The molecule has 0 aliphatic heterocycles. The zero-order valence-corrected chi connectivity index (χ0v) is 8.07. The summed E-state index contributed by atoms with van der Waals surface area (Å²) < 4.78 is 0. The molecule has 0 aromatic rings. The van der Waals surface area contributed by atoms with E-state index in [-0.39, 0.29) is 5.54 Å². The smallest absolute Gasteiger partial charge is 0.0226 e. The summed E-state index contributed by atoms with van der Waals surface area (Å²) in [6, 6.07) is 0. The van der Waals surface area contributed by atoms with Gasteiger partial charge >= 0.3 is 0 Å². The second-order valence-electron chi connectivity index (χ2n) is 4.82. The van der Waals surface area contributed by atoms with E-state index in [2.05, 4.69) is 45.2 Å². The van der Waals surface area contributed by atoms with E-state index in [1.54, 1.807) is 0 Å². The molecule has 0 heterocycles. The number of hydrogen-bond acceptors (Lipinski definition) is 1. The Bertz CT molecular complexity index is 154. The van der Waals surface area contributed by atoms with Crippen LogP contribution in [-0.2, 0) is 0 Å². The first kappa shape index (κ1) is 8.79. The molecule has 1 nitrogen and oxygen atoms in total. The lowest BCUT2D eigenvalue weighted by atomic mass is 9.95. The average molecular weight is 153 g/mol. The maximum Gasteiger partial charge on any atom is 0.0226 e. The average Bonchev–Trinajstić information content (AvgIpc) is 2.09. The van der Waals surface area contributed by atoms with E-state index >= 15 is 0 Å². The van der Waals surface area contributed by atoms with Gasteiger partial charge in [-0.05, 0) is 40.5 Å². The molecule has 0 saturated carbocycles. The van der Waals surface area contributed by atoms with E-state index < -0.39 is 0 Å². The summed E-state index contributed by atoms with van der Waals surface area (Å²) in [7, 11) is 0. The van der Waals surface area contributed by atoms with E-state index in [9.17, 15) is 0 Å². The molecule has 0 spiro atoms. The fourth-order valence-electron chi connectivity index (χ4n) is 1.78. The largest absolute Gasteiger partial charge is 0.306 e. The van der Waals surface area contributed by atoms with E-state index in [4.69, 9.17) is 0 Å². The molecule has 1 aliphatic carbocycles. The van der Waals surface area contributed by atoms with Gasteiger partial charge in [0.25, 0.3) is 0 Å². The van der Waals surface area contributed by atoms with Crippen LogP contribution >= 0.6 is 0 Å². The summed E-state index contributed by atoms with van der Waals surface area (Å²) in [5.74, 6) is 0. The summed E-state index contributed by atoms with van der Waals surface area (Å²) in [6.07, 6.45) is 6.87. The first-order valence-corrected chi connectivity index (χ1v) is 4.36. The summed E-state index contributed by atoms with van der Waals surface area (Å²) >= 11 is 0. The quantitative estimate of drug-likeness (QED) is 0.571. The van der Waals surface area contributed by atoms with Crippen molar-refractivity contribution in [1.82, 2.24) is 5.32 Å². The molecule has 0 amide bonds. The predicted octanol–water partition coefficient (Wildman–Crippen LogP) is 2.48. The summed E-state index contributed by atoms with van der Waals surface area (Å²) in [5.41, 5.74) is 0.555. The molecule has 1 heteroatoms. The minimum atomic E-state index is 0.237. The lowest BCUT2D eigenvalue weighted by molar-refractivity contribution is 0.275. The molecule has 0 saturated heterocycles. The Balaban J connectivity index is 2.48. The molecule has 0 fully saturated rings. The van der Waals surface area contributed by atoms with Crippen molar-refractivity contribution in [3.05, 3.63) is 12.2 Å². The van der Waals surface area contributed by atoms with Gasteiger partial charge < -0.3 is 5.32 Å². The molecule has 0 aromatic carbocycles. The highest BCUT2D eigenvalue weighted by atomic mass is 15.0. The van der Waals surface area contributed by atoms with Gasteiger partial charge in [0.2, 0.25) is 0 Å². The molecule has 0 radical (unpaired) electrons. The predicted molar refractivity (Wildman–Crippen MR) is 49.7 cm³/mol. The minimum absolute atomic E-state index is 0.237. The van der Waals surface area contributed by atoms with Crippen LogP contribution in [0.15, 0.2) is 12.2 Å². The Hall–Kier alpha value is -0.300. The van der Waals surface area contributed by atoms with Crippen LogP contribution in [0.4, 0.5) is 0 Å². The molecule has 11 heavy (non-hydrogen) atoms. The molecule has 0 unspecified atom stereocenters. The zero-order valence-electron chi connectivity index (χ0n) is 8.07. The van der Waals surface area contributed by atoms with Gasteiger partial charge in [-0.3, -0.25) is 0 Å². The van der Waals surface area contributed by atoms with Gasteiger partial charge in [-0.1, -0.05) is 12.2 Å². The fourth-order valence-corrected chi connectivity index (χ4v) is 1.78. The first-order chi connectivity index (χ1) is 4.91. The Morgan fingerprint density at radius 1 is 1.18 bits per heavy atom. The van der Waals surface area contributed by atoms with E-state index in [1.165, 1.54) is 12.8 Å². The van der Waals surface area contributed by atoms with E-state index in [1.807, 2.05) is 0 Å². The van der Waals surface area contributed by atoms with E-state index in [0.717, 1.165) is 0 Å². The van der Waals surface area contributed by atoms with Crippen LogP contribution in [0.5, 0.6) is 0 Å². The SMILES string of the molecule is CC(C)(C)NC1(C)CC=CC1. The van der Waals surface area contributed by atoms with Crippen molar-refractivity contribution in [1.29, 1.82) is 0 Å². The van der Waals surface area contributed by atoms with Crippen molar-refractivity contribution >= 4 is 0 Å². The van der Waals surface area contributed by atoms with Crippen LogP contribution in [0.2, 0.25) is 0 Å². The zero-order chi connectivity index (χ0) is 8.54. The van der Waals surface area contributed by atoms with Crippen molar-refractivity contribution in [2.45, 2.75) is 51.6 Å². The second kappa shape index (κ2) is 2.63. The molecule has 1 rings (SSSR count). The van der Waals surface area contributed by atoms with Gasteiger partial charge in [0.1, 0.15) is 0 Å². The van der Waals surface area contributed by atoms with Crippen molar-refractivity contribution in [3.63, 3.8) is 0 Å². The normalized spacial score (nSPS) is 22.5. The highest BCUT2D eigenvalue weighted by Crippen LogP contribution is 2.25. The van der Waals surface area contributed by atoms with Gasteiger partial charge in [0.15, 0.2) is 0 Å². The Morgan fingerprint density at radius 3 is 2.00 bits per heavy atom.